The Hall–Kier alpha value is -3.22. The fourth-order valence-electron chi connectivity index (χ4n) is 2.68. The van der Waals surface area contributed by atoms with Crippen LogP contribution in [0.15, 0.2) is 42.5 Å². The summed E-state index contributed by atoms with van der Waals surface area (Å²) in [6.07, 6.45) is 3.29. The lowest BCUT2D eigenvalue weighted by Crippen LogP contribution is -2.34. The van der Waals surface area contributed by atoms with Gasteiger partial charge in [-0.3, -0.25) is 9.59 Å². The lowest BCUT2D eigenvalue weighted by molar-refractivity contribution is -0.136. The third-order valence-electron chi connectivity index (χ3n) is 4.23. The minimum atomic E-state index is -0.725. The molecule has 0 saturated carbocycles. The van der Waals surface area contributed by atoms with Crippen molar-refractivity contribution < 1.29 is 23.8 Å². The van der Waals surface area contributed by atoms with E-state index in [1.165, 1.54) is 0 Å². The van der Waals surface area contributed by atoms with Crippen LogP contribution in [0.5, 0.6) is 17.2 Å². The number of carbonyl (C=O) groups is 2. The van der Waals surface area contributed by atoms with Crippen molar-refractivity contribution in [1.29, 1.82) is 0 Å². The van der Waals surface area contributed by atoms with E-state index >= 15 is 0 Å². The molecule has 2 amide bonds. The molecule has 0 aliphatic carbocycles. The molecule has 1 aliphatic rings. The number of hydrogen-bond acceptors (Lipinski definition) is 5. The molecular formula is C21H24N2O5. The normalized spacial score (nSPS) is 11.8. The zero-order chi connectivity index (χ0) is 19.8. The van der Waals surface area contributed by atoms with Crippen LogP contribution in [-0.2, 0) is 16.1 Å². The molecule has 0 unspecified atom stereocenters. The molecule has 0 saturated heterocycles. The Labute approximate surface area is 164 Å². The van der Waals surface area contributed by atoms with E-state index in [4.69, 9.17) is 14.2 Å². The Morgan fingerprint density at radius 1 is 1.00 bits per heavy atom. The zero-order valence-electron chi connectivity index (χ0n) is 15.8. The van der Waals surface area contributed by atoms with Gasteiger partial charge in [-0.15, -0.1) is 0 Å². The van der Waals surface area contributed by atoms with Crippen molar-refractivity contribution in [2.45, 2.75) is 32.7 Å². The second-order valence-corrected chi connectivity index (χ2v) is 6.40. The van der Waals surface area contributed by atoms with Crippen LogP contribution in [0.25, 0.3) is 0 Å². The molecule has 2 aromatic carbocycles. The molecule has 3 rings (SSSR count). The first-order valence-corrected chi connectivity index (χ1v) is 9.36. The number of ether oxygens (including phenoxy) is 3. The van der Waals surface area contributed by atoms with Crippen molar-refractivity contribution in [2.24, 2.45) is 0 Å². The molecule has 0 fully saturated rings. The standard InChI is InChI=1S/C21H24N2O5/c1-2-3-4-11-26-17-8-6-16(7-9-17)23-21(25)20(24)22-13-15-5-10-18-19(12-15)28-14-27-18/h5-10,12H,2-4,11,13-14H2,1H3,(H,22,24)(H,23,25). The van der Waals surface area contributed by atoms with Gasteiger partial charge in [0.2, 0.25) is 6.79 Å². The predicted octanol–water partition coefficient (Wildman–Crippen LogP) is 3.24. The lowest BCUT2D eigenvalue weighted by atomic mass is 10.2. The largest absolute Gasteiger partial charge is 0.494 e. The first kappa shape index (κ1) is 19.5. The summed E-state index contributed by atoms with van der Waals surface area (Å²) in [4.78, 5) is 24.1. The van der Waals surface area contributed by atoms with Gasteiger partial charge in [0.05, 0.1) is 6.61 Å². The summed E-state index contributed by atoms with van der Waals surface area (Å²) in [5.41, 5.74) is 1.35. The van der Waals surface area contributed by atoms with Crippen LogP contribution >= 0.6 is 0 Å². The van der Waals surface area contributed by atoms with Crippen molar-refractivity contribution in [2.75, 3.05) is 18.7 Å². The summed E-state index contributed by atoms with van der Waals surface area (Å²) in [5.74, 6) is 0.607. The van der Waals surface area contributed by atoms with Crippen molar-refractivity contribution >= 4 is 17.5 Å². The number of fused-ring (bicyclic) bond motifs is 1. The molecule has 0 atom stereocenters. The first-order valence-electron chi connectivity index (χ1n) is 9.36. The number of unbranched alkanes of at least 4 members (excludes halogenated alkanes) is 2. The van der Waals surface area contributed by atoms with Gasteiger partial charge in [0, 0.05) is 12.2 Å². The molecule has 7 heteroatoms. The second-order valence-electron chi connectivity index (χ2n) is 6.40. The van der Waals surface area contributed by atoms with Gasteiger partial charge < -0.3 is 24.8 Å². The molecule has 28 heavy (non-hydrogen) atoms. The molecular weight excluding hydrogens is 360 g/mol. The Balaban J connectivity index is 1.44. The van der Waals surface area contributed by atoms with Gasteiger partial charge >= 0.3 is 11.8 Å². The number of nitrogens with one attached hydrogen (secondary N) is 2. The van der Waals surface area contributed by atoms with Gasteiger partial charge in [0.15, 0.2) is 11.5 Å². The zero-order valence-corrected chi connectivity index (χ0v) is 15.8. The molecule has 2 aromatic rings. The summed E-state index contributed by atoms with van der Waals surface area (Å²) in [7, 11) is 0. The average molecular weight is 384 g/mol. The molecule has 1 aliphatic heterocycles. The third-order valence-corrected chi connectivity index (χ3v) is 4.23. The van der Waals surface area contributed by atoms with E-state index < -0.39 is 11.8 Å². The summed E-state index contributed by atoms with van der Waals surface area (Å²) in [6.45, 7) is 3.22. The monoisotopic (exact) mass is 384 g/mol. The maximum Gasteiger partial charge on any atom is 0.313 e. The van der Waals surface area contributed by atoms with Gasteiger partial charge in [0.25, 0.3) is 0 Å². The first-order chi connectivity index (χ1) is 13.7. The quantitative estimate of drug-likeness (QED) is 0.539. The highest BCUT2D eigenvalue weighted by Crippen LogP contribution is 2.32. The van der Waals surface area contributed by atoms with Crippen LogP contribution < -0.4 is 24.8 Å². The predicted molar refractivity (Wildman–Crippen MR) is 105 cm³/mol. The molecule has 148 valence electrons. The SMILES string of the molecule is CCCCCOc1ccc(NC(=O)C(=O)NCc2ccc3c(c2)OCO3)cc1. The maximum absolute atomic E-state index is 12.1. The van der Waals surface area contributed by atoms with Gasteiger partial charge in [-0.25, -0.2) is 0 Å². The van der Waals surface area contributed by atoms with Crippen molar-refractivity contribution in [3.63, 3.8) is 0 Å². The number of amides is 2. The Morgan fingerprint density at radius 2 is 1.79 bits per heavy atom. The summed E-state index contributed by atoms with van der Waals surface area (Å²) < 4.78 is 16.2. The summed E-state index contributed by atoms with van der Waals surface area (Å²) >= 11 is 0. The third kappa shape index (κ3) is 5.39. The molecule has 0 bridgehead atoms. The summed E-state index contributed by atoms with van der Waals surface area (Å²) in [6, 6.07) is 12.3. The number of hydrogen-bond donors (Lipinski definition) is 2. The van der Waals surface area contributed by atoms with E-state index in [9.17, 15) is 9.59 Å². The van der Waals surface area contributed by atoms with Crippen LogP contribution in [0.2, 0.25) is 0 Å². The van der Waals surface area contributed by atoms with Crippen LogP contribution in [0.3, 0.4) is 0 Å². The van der Waals surface area contributed by atoms with Crippen molar-refractivity contribution in [1.82, 2.24) is 5.32 Å². The number of anilines is 1. The van der Waals surface area contributed by atoms with E-state index in [0.29, 0.717) is 23.8 Å². The second kappa shape index (κ2) is 9.64. The van der Waals surface area contributed by atoms with Crippen LogP contribution in [0.1, 0.15) is 31.7 Å². The average Bonchev–Trinajstić information content (AvgIpc) is 3.18. The van der Waals surface area contributed by atoms with Gasteiger partial charge in [-0.2, -0.15) is 0 Å². The van der Waals surface area contributed by atoms with Gasteiger partial charge in [-0.1, -0.05) is 25.8 Å². The minimum absolute atomic E-state index is 0.191. The van der Waals surface area contributed by atoms with E-state index in [1.807, 2.05) is 6.07 Å². The molecule has 2 N–H and O–H groups in total. The topological polar surface area (TPSA) is 85.9 Å². The van der Waals surface area contributed by atoms with Crippen LogP contribution in [-0.4, -0.2) is 25.2 Å². The van der Waals surface area contributed by atoms with Crippen molar-refractivity contribution in [3.05, 3.63) is 48.0 Å². The molecule has 0 radical (unpaired) electrons. The number of rotatable bonds is 8. The Bertz CT molecular complexity index is 820. The van der Waals surface area contributed by atoms with Crippen molar-refractivity contribution in [3.8, 4) is 17.2 Å². The number of carbonyl (C=O) groups excluding carboxylic acids is 2. The van der Waals surface area contributed by atoms with E-state index in [2.05, 4.69) is 17.6 Å². The van der Waals surface area contributed by atoms with Crippen LogP contribution in [0.4, 0.5) is 5.69 Å². The molecule has 0 spiro atoms. The van der Waals surface area contributed by atoms with E-state index in [0.717, 1.165) is 30.6 Å². The highest BCUT2D eigenvalue weighted by molar-refractivity contribution is 6.39. The van der Waals surface area contributed by atoms with E-state index in [1.54, 1.807) is 36.4 Å². The fourth-order valence-corrected chi connectivity index (χ4v) is 2.68. The maximum atomic E-state index is 12.1. The number of benzene rings is 2. The Morgan fingerprint density at radius 3 is 2.57 bits per heavy atom. The smallest absolute Gasteiger partial charge is 0.313 e. The fraction of sp³-hybridized carbons (Fsp3) is 0.333. The van der Waals surface area contributed by atoms with Gasteiger partial charge in [0.1, 0.15) is 5.75 Å². The van der Waals surface area contributed by atoms with Gasteiger partial charge in [-0.05, 0) is 48.4 Å². The molecule has 0 aromatic heterocycles. The highest BCUT2D eigenvalue weighted by Gasteiger charge is 2.16. The highest BCUT2D eigenvalue weighted by atomic mass is 16.7. The molecule has 7 nitrogen and oxygen atoms in total. The lowest BCUT2D eigenvalue weighted by Gasteiger charge is -2.09. The minimum Gasteiger partial charge on any atom is -0.494 e. The molecule has 1 heterocycles. The summed E-state index contributed by atoms with van der Waals surface area (Å²) in [5, 5.41) is 5.16. The van der Waals surface area contributed by atoms with E-state index in [-0.39, 0.29) is 13.3 Å². The van der Waals surface area contributed by atoms with Crippen LogP contribution in [0, 0.1) is 0 Å². The Kier molecular flexibility index (Phi) is 6.73.